The molecule has 1 aliphatic rings. The fourth-order valence-corrected chi connectivity index (χ4v) is 4.38. The van der Waals surface area contributed by atoms with Gasteiger partial charge in [0.05, 0.1) is 29.5 Å². The smallest absolute Gasteiger partial charge is 0.475 e. The Morgan fingerprint density at radius 2 is 1.97 bits per heavy atom. The molecule has 1 amide bonds. The first kappa shape index (κ1) is 22.8. The summed E-state index contributed by atoms with van der Waals surface area (Å²) < 4.78 is 35.1. The van der Waals surface area contributed by atoms with Crippen molar-refractivity contribution in [3.8, 4) is 0 Å². The maximum Gasteiger partial charge on any atom is 0.490 e. The van der Waals surface area contributed by atoms with Crippen molar-refractivity contribution in [3.63, 3.8) is 0 Å². The molecule has 11 heteroatoms. The van der Waals surface area contributed by atoms with Crippen LogP contribution in [0.2, 0.25) is 0 Å². The standard InChI is InChI=1S/C18H20N4OS.C2HF3O2/c1-20(2)9-15-11-21(10-14-8-19-12-22(14)15)18(23)17-7-13-5-3-4-6-16(13)24-17;3-2(4,5)1(6)7/h3-8,12,15H,9-11H2,1-2H3;(H,6,7). The van der Waals surface area contributed by atoms with Crippen LogP contribution in [0.3, 0.4) is 0 Å². The number of carbonyl (C=O) groups excluding carboxylic acids is 1. The van der Waals surface area contributed by atoms with Crippen molar-refractivity contribution in [1.29, 1.82) is 0 Å². The molecule has 1 atom stereocenters. The predicted octanol–water partition coefficient (Wildman–Crippen LogP) is 3.49. The van der Waals surface area contributed by atoms with E-state index in [0.29, 0.717) is 13.1 Å². The van der Waals surface area contributed by atoms with Crippen LogP contribution in [0.25, 0.3) is 10.1 Å². The number of alkyl halides is 3. The molecule has 0 bridgehead atoms. The van der Waals surface area contributed by atoms with E-state index >= 15 is 0 Å². The van der Waals surface area contributed by atoms with Gasteiger partial charge in [0.25, 0.3) is 5.91 Å². The van der Waals surface area contributed by atoms with Gasteiger partial charge < -0.3 is 19.5 Å². The molecule has 1 unspecified atom stereocenters. The number of hydrogen-bond donors (Lipinski definition) is 1. The van der Waals surface area contributed by atoms with Crippen LogP contribution >= 0.6 is 11.3 Å². The molecule has 1 N–H and O–H groups in total. The van der Waals surface area contributed by atoms with Crippen molar-refractivity contribution in [2.45, 2.75) is 18.8 Å². The summed E-state index contributed by atoms with van der Waals surface area (Å²) in [7, 11) is 4.12. The molecular weight excluding hydrogens is 433 g/mol. The Bertz CT molecular complexity index is 1040. The van der Waals surface area contributed by atoms with E-state index in [1.807, 2.05) is 35.6 Å². The van der Waals surface area contributed by atoms with Crippen LogP contribution in [0, 0.1) is 0 Å². The van der Waals surface area contributed by atoms with Gasteiger partial charge in [-0.2, -0.15) is 13.2 Å². The van der Waals surface area contributed by atoms with E-state index < -0.39 is 12.1 Å². The van der Waals surface area contributed by atoms with Gasteiger partial charge >= 0.3 is 12.1 Å². The topological polar surface area (TPSA) is 78.7 Å². The Morgan fingerprint density at radius 3 is 2.58 bits per heavy atom. The second kappa shape index (κ2) is 9.06. The fourth-order valence-electron chi connectivity index (χ4n) is 3.35. The lowest BCUT2D eigenvalue weighted by Gasteiger charge is -2.35. The summed E-state index contributed by atoms with van der Waals surface area (Å²) in [5.41, 5.74) is 1.10. The first-order chi connectivity index (χ1) is 14.6. The van der Waals surface area contributed by atoms with Gasteiger partial charge in [-0.25, -0.2) is 9.78 Å². The van der Waals surface area contributed by atoms with E-state index in [4.69, 9.17) is 9.90 Å². The number of carboxylic acid groups (broad SMARTS) is 1. The van der Waals surface area contributed by atoms with E-state index in [1.165, 1.54) is 0 Å². The van der Waals surface area contributed by atoms with E-state index in [9.17, 15) is 18.0 Å². The number of rotatable bonds is 3. The molecule has 166 valence electrons. The average Bonchev–Trinajstić information content (AvgIpc) is 3.33. The summed E-state index contributed by atoms with van der Waals surface area (Å²) in [6, 6.07) is 10.4. The molecule has 0 fully saturated rings. The summed E-state index contributed by atoms with van der Waals surface area (Å²) in [6.45, 7) is 2.23. The summed E-state index contributed by atoms with van der Waals surface area (Å²) >= 11 is 1.57. The number of nitrogens with zero attached hydrogens (tertiary/aromatic N) is 4. The lowest BCUT2D eigenvalue weighted by molar-refractivity contribution is -0.192. The highest BCUT2D eigenvalue weighted by atomic mass is 32.1. The number of imidazole rings is 1. The number of halogens is 3. The van der Waals surface area contributed by atoms with E-state index in [-0.39, 0.29) is 11.9 Å². The second-order valence-corrected chi connectivity index (χ2v) is 8.43. The maximum atomic E-state index is 13.0. The Kier molecular flexibility index (Phi) is 6.65. The number of fused-ring (bicyclic) bond motifs is 2. The molecular formula is C20H21F3N4O3S. The molecule has 1 aromatic carbocycles. The zero-order valence-electron chi connectivity index (χ0n) is 16.8. The van der Waals surface area contributed by atoms with Gasteiger partial charge in [-0.1, -0.05) is 18.2 Å². The molecule has 4 rings (SSSR count). The number of carboxylic acids is 1. The van der Waals surface area contributed by atoms with Gasteiger partial charge in [0, 0.05) is 24.0 Å². The van der Waals surface area contributed by atoms with Crippen molar-refractivity contribution < 1.29 is 27.9 Å². The molecule has 0 aliphatic carbocycles. The van der Waals surface area contributed by atoms with Gasteiger partial charge in [-0.15, -0.1) is 11.3 Å². The van der Waals surface area contributed by atoms with Crippen molar-refractivity contribution in [2.24, 2.45) is 0 Å². The minimum Gasteiger partial charge on any atom is -0.475 e. The molecule has 31 heavy (non-hydrogen) atoms. The summed E-state index contributed by atoms with van der Waals surface area (Å²) in [5.74, 6) is -2.64. The van der Waals surface area contributed by atoms with Gasteiger partial charge in [0.1, 0.15) is 0 Å². The van der Waals surface area contributed by atoms with Crippen molar-refractivity contribution >= 4 is 33.3 Å². The molecule has 0 saturated heterocycles. The van der Waals surface area contributed by atoms with Crippen LogP contribution in [0.15, 0.2) is 42.9 Å². The van der Waals surface area contributed by atoms with E-state index in [1.54, 1.807) is 11.3 Å². The molecule has 2 aromatic heterocycles. The first-order valence-electron chi connectivity index (χ1n) is 9.29. The van der Waals surface area contributed by atoms with Crippen molar-refractivity contribution in [1.82, 2.24) is 19.4 Å². The second-order valence-electron chi connectivity index (χ2n) is 7.35. The number of aliphatic carboxylic acids is 1. The number of amides is 1. The Balaban J connectivity index is 0.000000339. The summed E-state index contributed by atoms with van der Waals surface area (Å²) in [4.78, 5) is 31.1. The van der Waals surface area contributed by atoms with Gasteiger partial charge in [-0.3, -0.25) is 4.79 Å². The molecule has 3 heterocycles. The molecule has 0 saturated carbocycles. The quantitative estimate of drug-likeness (QED) is 0.656. The third kappa shape index (κ3) is 5.42. The third-order valence-electron chi connectivity index (χ3n) is 4.67. The number of likely N-dealkylation sites (N-methyl/N-ethyl adjacent to an activating group) is 1. The Hall–Kier alpha value is -2.92. The molecule has 3 aromatic rings. The van der Waals surface area contributed by atoms with Crippen LogP contribution in [0.5, 0.6) is 0 Å². The predicted molar refractivity (Wildman–Crippen MR) is 110 cm³/mol. The van der Waals surface area contributed by atoms with Crippen molar-refractivity contribution in [3.05, 3.63) is 53.4 Å². The zero-order chi connectivity index (χ0) is 22.8. The van der Waals surface area contributed by atoms with Crippen LogP contribution < -0.4 is 0 Å². The number of aromatic nitrogens is 2. The molecule has 7 nitrogen and oxygen atoms in total. The normalized spacial score (nSPS) is 16.1. The molecule has 0 spiro atoms. The summed E-state index contributed by atoms with van der Waals surface area (Å²) in [5, 5.41) is 8.26. The molecule has 1 aliphatic heterocycles. The van der Waals surface area contributed by atoms with Crippen LogP contribution in [0.4, 0.5) is 13.2 Å². The number of thiophene rings is 1. The minimum atomic E-state index is -5.08. The van der Waals surface area contributed by atoms with Crippen LogP contribution in [0.1, 0.15) is 21.4 Å². The van der Waals surface area contributed by atoms with E-state index in [0.717, 1.165) is 27.2 Å². The lowest BCUT2D eigenvalue weighted by atomic mass is 10.1. The zero-order valence-corrected chi connectivity index (χ0v) is 17.7. The van der Waals surface area contributed by atoms with Gasteiger partial charge in [0.2, 0.25) is 0 Å². The van der Waals surface area contributed by atoms with Gasteiger partial charge in [0.15, 0.2) is 0 Å². The Labute approximate surface area is 180 Å². The largest absolute Gasteiger partial charge is 0.490 e. The van der Waals surface area contributed by atoms with E-state index in [2.05, 4.69) is 40.7 Å². The first-order valence-corrected chi connectivity index (χ1v) is 10.1. The van der Waals surface area contributed by atoms with Crippen LogP contribution in [-0.4, -0.2) is 69.7 Å². The highest BCUT2D eigenvalue weighted by Gasteiger charge is 2.38. The van der Waals surface area contributed by atoms with Gasteiger partial charge in [-0.05, 0) is 31.6 Å². The lowest BCUT2D eigenvalue weighted by Crippen LogP contribution is -2.43. The Morgan fingerprint density at radius 1 is 1.29 bits per heavy atom. The third-order valence-corrected chi connectivity index (χ3v) is 5.77. The monoisotopic (exact) mass is 454 g/mol. The highest BCUT2D eigenvalue weighted by molar-refractivity contribution is 7.20. The minimum absolute atomic E-state index is 0.118. The number of carbonyl (C=O) groups is 2. The SMILES string of the molecule is CN(C)CC1CN(C(=O)c2cc3ccccc3s2)Cc2cncn21.O=C(O)C(F)(F)F. The van der Waals surface area contributed by atoms with Crippen molar-refractivity contribution in [2.75, 3.05) is 27.2 Å². The highest BCUT2D eigenvalue weighted by Crippen LogP contribution is 2.29. The maximum absolute atomic E-state index is 13.0. The molecule has 0 radical (unpaired) electrons. The number of benzene rings is 1. The average molecular weight is 454 g/mol. The summed E-state index contributed by atoms with van der Waals surface area (Å²) in [6.07, 6.45) is -1.34. The van der Waals surface area contributed by atoms with Crippen LogP contribution in [-0.2, 0) is 11.3 Å². The number of hydrogen-bond acceptors (Lipinski definition) is 5. The fraction of sp³-hybridized carbons (Fsp3) is 0.350.